The predicted molar refractivity (Wildman–Crippen MR) is 114 cm³/mol. The summed E-state index contributed by atoms with van der Waals surface area (Å²) in [7, 11) is 1.73. The first-order chi connectivity index (χ1) is 14.9. The zero-order valence-electron chi connectivity index (χ0n) is 17.9. The molecule has 1 aliphatic rings. The number of aromatic nitrogens is 4. The van der Waals surface area contributed by atoms with Crippen LogP contribution in [0.4, 0.5) is 4.39 Å². The molecule has 7 nitrogen and oxygen atoms in total. The summed E-state index contributed by atoms with van der Waals surface area (Å²) < 4.78 is 20.7. The summed E-state index contributed by atoms with van der Waals surface area (Å²) in [5.41, 5.74) is 3.65. The third-order valence-electron chi connectivity index (χ3n) is 5.50. The minimum Gasteiger partial charge on any atom is -0.460 e. The molecule has 0 saturated heterocycles. The summed E-state index contributed by atoms with van der Waals surface area (Å²) in [6.45, 7) is 3.85. The van der Waals surface area contributed by atoms with Crippen LogP contribution in [0.2, 0.25) is 0 Å². The lowest BCUT2D eigenvalue weighted by Gasteiger charge is -2.28. The van der Waals surface area contributed by atoms with Crippen molar-refractivity contribution in [3.63, 3.8) is 0 Å². The van der Waals surface area contributed by atoms with E-state index in [1.807, 2.05) is 19.9 Å². The Morgan fingerprint density at radius 3 is 2.35 bits per heavy atom. The maximum atomic E-state index is 13.2. The molecule has 0 unspecified atom stereocenters. The SMILES string of the molecule is Cc1cc(C)nc(OC2CCC(NC(=O)c3cc(-c4ccc(F)cc4)nn3C)CC2)n1. The summed E-state index contributed by atoms with van der Waals surface area (Å²) in [6.07, 6.45) is 3.35. The van der Waals surface area contributed by atoms with E-state index in [1.165, 1.54) is 12.1 Å². The molecule has 1 N–H and O–H groups in total. The maximum absolute atomic E-state index is 13.2. The third kappa shape index (κ3) is 5.07. The first kappa shape index (κ1) is 21.0. The fraction of sp³-hybridized carbons (Fsp3) is 0.391. The van der Waals surface area contributed by atoms with Crippen LogP contribution < -0.4 is 10.1 Å². The number of rotatable bonds is 5. The van der Waals surface area contributed by atoms with Gasteiger partial charge in [-0.3, -0.25) is 9.48 Å². The van der Waals surface area contributed by atoms with Gasteiger partial charge in [0.05, 0.1) is 5.69 Å². The van der Waals surface area contributed by atoms with Crippen molar-refractivity contribution in [2.75, 3.05) is 0 Å². The van der Waals surface area contributed by atoms with Crippen molar-refractivity contribution in [2.24, 2.45) is 7.05 Å². The van der Waals surface area contributed by atoms with Crippen molar-refractivity contribution in [1.82, 2.24) is 25.1 Å². The molecule has 8 heteroatoms. The number of hydrogen-bond donors (Lipinski definition) is 1. The molecule has 2 heterocycles. The lowest BCUT2D eigenvalue weighted by Crippen LogP contribution is -2.40. The van der Waals surface area contributed by atoms with Gasteiger partial charge in [-0.25, -0.2) is 14.4 Å². The molecular weight excluding hydrogens is 397 g/mol. The van der Waals surface area contributed by atoms with E-state index in [2.05, 4.69) is 20.4 Å². The Hall–Kier alpha value is -3.29. The normalized spacial score (nSPS) is 18.6. The molecule has 1 amide bonds. The number of amides is 1. The lowest BCUT2D eigenvalue weighted by atomic mass is 9.93. The van der Waals surface area contributed by atoms with Gasteiger partial charge < -0.3 is 10.1 Å². The standard InChI is InChI=1S/C23H26FN5O2/c1-14-12-15(2)26-23(25-14)31-19-10-8-18(9-11-19)27-22(30)21-13-20(28-29(21)3)16-4-6-17(24)7-5-16/h4-7,12-13,18-19H,8-11H2,1-3H3,(H,27,30). The van der Waals surface area contributed by atoms with Crippen LogP contribution in [0.25, 0.3) is 11.3 Å². The van der Waals surface area contributed by atoms with Crippen LogP contribution in [0.15, 0.2) is 36.4 Å². The van der Waals surface area contributed by atoms with Crippen molar-refractivity contribution in [2.45, 2.75) is 51.7 Å². The summed E-state index contributed by atoms with van der Waals surface area (Å²) in [4.78, 5) is 21.5. The van der Waals surface area contributed by atoms with Crippen molar-refractivity contribution < 1.29 is 13.9 Å². The highest BCUT2D eigenvalue weighted by atomic mass is 19.1. The monoisotopic (exact) mass is 423 g/mol. The molecule has 1 saturated carbocycles. The summed E-state index contributed by atoms with van der Waals surface area (Å²) in [6, 6.07) is 10.2. The number of aryl methyl sites for hydroxylation is 3. The number of halogens is 1. The molecule has 31 heavy (non-hydrogen) atoms. The third-order valence-corrected chi connectivity index (χ3v) is 5.50. The van der Waals surface area contributed by atoms with E-state index >= 15 is 0 Å². The molecule has 0 spiro atoms. The Morgan fingerprint density at radius 1 is 1.06 bits per heavy atom. The second-order valence-corrected chi connectivity index (χ2v) is 8.04. The van der Waals surface area contributed by atoms with Gasteiger partial charge in [-0.05, 0) is 75.9 Å². The molecule has 3 aromatic rings. The number of carbonyl (C=O) groups excluding carboxylic acids is 1. The fourth-order valence-corrected chi connectivity index (χ4v) is 3.92. The average molecular weight is 423 g/mol. The van der Waals surface area contributed by atoms with Crippen molar-refractivity contribution in [3.8, 4) is 17.3 Å². The molecule has 0 bridgehead atoms. The highest BCUT2D eigenvalue weighted by Gasteiger charge is 2.26. The van der Waals surface area contributed by atoms with E-state index in [9.17, 15) is 9.18 Å². The van der Waals surface area contributed by atoms with Crippen LogP contribution in [0.1, 0.15) is 47.6 Å². The molecule has 0 radical (unpaired) electrons. The molecular formula is C23H26FN5O2. The Labute approximate surface area is 180 Å². The molecule has 162 valence electrons. The summed E-state index contributed by atoms with van der Waals surface area (Å²) in [5, 5.41) is 7.50. The smallest absolute Gasteiger partial charge is 0.317 e. The number of nitrogens with one attached hydrogen (secondary N) is 1. The van der Waals surface area contributed by atoms with Gasteiger partial charge in [0.2, 0.25) is 0 Å². The van der Waals surface area contributed by atoms with E-state index in [4.69, 9.17) is 4.74 Å². The van der Waals surface area contributed by atoms with Gasteiger partial charge in [0, 0.05) is 30.0 Å². The Morgan fingerprint density at radius 2 is 1.71 bits per heavy atom. The lowest BCUT2D eigenvalue weighted by molar-refractivity contribution is 0.0875. The second kappa shape index (κ2) is 8.83. The van der Waals surface area contributed by atoms with Gasteiger partial charge in [0.25, 0.3) is 5.91 Å². The first-order valence-electron chi connectivity index (χ1n) is 10.5. The molecule has 4 rings (SSSR count). The van der Waals surface area contributed by atoms with Gasteiger partial charge in [-0.15, -0.1) is 0 Å². The van der Waals surface area contributed by atoms with Gasteiger partial charge >= 0.3 is 6.01 Å². The van der Waals surface area contributed by atoms with Crippen LogP contribution in [0.5, 0.6) is 6.01 Å². The number of benzene rings is 1. The average Bonchev–Trinajstić information content (AvgIpc) is 3.11. The minimum absolute atomic E-state index is 0.0520. The van der Waals surface area contributed by atoms with E-state index in [0.29, 0.717) is 17.4 Å². The Balaban J connectivity index is 1.33. The maximum Gasteiger partial charge on any atom is 0.317 e. The van der Waals surface area contributed by atoms with Crippen LogP contribution in [0, 0.1) is 19.7 Å². The molecule has 0 atom stereocenters. The van der Waals surface area contributed by atoms with Crippen LogP contribution >= 0.6 is 0 Å². The van der Waals surface area contributed by atoms with E-state index in [0.717, 1.165) is 42.6 Å². The molecule has 1 aromatic carbocycles. The van der Waals surface area contributed by atoms with Crippen molar-refractivity contribution in [3.05, 3.63) is 59.3 Å². The van der Waals surface area contributed by atoms with Crippen molar-refractivity contribution in [1.29, 1.82) is 0 Å². The topological polar surface area (TPSA) is 81.9 Å². The Bertz CT molecular complexity index is 1050. The first-order valence-corrected chi connectivity index (χ1v) is 10.5. The summed E-state index contributed by atoms with van der Waals surface area (Å²) in [5.74, 6) is -0.466. The van der Waals surface area contributed by atoms with E-state index in [-0.39, 0.29) is 23.9 Å². The quantitative estimate of drug-likeness (QED) is 0.676. The highest BCUT2D eigenvalue weighted by molar-refractivity contribution is 5.93. The Kier molecular flexibility index (Phi) is 5.97. The number of carbonyl (C=O) groups is 1. The largest absolute Gasteiger partial charge is 0.460 e. The number of hydrogen-bond acceptors (Lipinski definition) is 5. The minimum atomic E-state index is -0.304. The highest BCUT2D eigenvalue weighted by Crippen LogP contribution is 2.24. The van der Waals surface area contributed by atoms with Crippen LogP contribution in [-0.4, -0.2) is 37.8 Å². The van der Waals surface area contributed by atoms with E-state index < -0.39 is 0 Å². The molecule has 0 aliphatic heterocycles. The van der Waals surface area contributed by atoms with Crippen LogP contribution in [-0.2, 0) is 7.05 Å². The zero-order chi connectivity index (χ0) is 22.0. The predicted octanol–water partition coefficient (Wildman–Crippen LogP) is 3.75. The number of ether oxygens (including phenoxy) is 1. The van der Waals surface area contributed by atoms with Crippen LogP contribution in [0.3, 0.4) is 0 Å². The zero-order valence-corrected chi connectivity index (χ0v) is 17.9. The summed E-state index contributed by atoms with van der Waals surface area (Å²) >= 11 is 0. The van der Waals surface area contributed by atoms with Gasteiger partial charge in [-0.2, -0.15) is 5.10 Å². The van der Waals surface area contributed by atoms with Gasteiger partial charge in [-0.1, -0.05) is 0 Å². The second-order valence-electron chi connectivity index (χ2n) is 8.04. The van der Waals surface area contributed by atoms with E-state index in [1.54, 1.807) is 29.9 Å². The molecule has 1 aliphatic carbocycles. The van der Waals surface area contributed by atoms with Gasteiger partial charge in [0.15, 0.2) is 0 Å². The fourth-order valence-electron chi connectivity index (χ4n) is 3.92. The van der Waals surface area contributed by atoms with Gasteiger partial charge in [0.1, 0.15) is 17.6 Å². The van der Waals surface area contributed by atoms with Crippen molar-refractivity contribution >= 4 is 5.91 Å². The number of nitrogens with zero attached hydrogens (tertiary/aromatic N) is 4. The molecule has 1 fully saturated rings. The molecule has 2 aromatic heterocycles.